The molecule has 0 unspecified atom stereocenters. The van der Waals surface area contributed by atoms with Crippen LogP contribution in [0, 0.1) is 0 Å². The molecule has 0 saturated heterocycles. The third kappa shape index (κ3) is 3.21. The molecule has 0 spiro atoms. The standard InChI is InChI=1S/C15H12Cl2N4O/c1-22-14-7-6-13(17)8-11(14)9-21-19-15(18-20-21)10-2-4-12(16)5-3-10/h2-8H,9H2,1H3. The number of methoxy groups -OCH3 is 1. The molecule has 0 aliphatic carbocycles. The van der Waals surface area contributed by atoms with Crippen LogP contribution in [0.5, 0.6) is 5.75 Å². The zero-order valence-electron chi connectivity index (χ0n) is 11.7. The number of benzene rings is 2. The summed E-state index contributed by atoms with van der Waals surface area (Å²) >= 11 is 11.9. The van der Waals surface area contributed by atoms with Crippen molar-refractivity contribution in [1.29, 1.82) is 0 Å². The van der Waals surface area contributed by atoms with Crippen molar-refractivity contribution in [3.05, 3.63) is 58.1 Å². The smallest absolute Gasteiger partial charge is 0.204 e. The monoisotopic (exact) mass is 334 g/mol. The van der Waals surface area contributed by atoms with Crippen molar-refractivity contribution in [2.24, 2.45) is 0 Å². The van der Waals surface area contributed by atoms with Crippen molar-refractivity contribution < 1.29 is 4.74 Å². The van der Waals surface area contributed by atoms with E-state index < -0.39 is 0 Å². The zero-order valence-corrected chi connectivity index (χ0v) is 13.2. The quantitative estimate of drug-likeness (QED) is 0.729. The Balaban J connectivity index is 1.85. The highest BCUT2D eigenvalue weighted by Crippen LogP contribution is 2.23. The number of hydrogen-bond donors (Lipinski definition) is 0. The van der Waals surface area contributed by atoms with Crippen molar-refractivity contribution in [1.82, 2.24) is 20.2 Å². The largest absolute Gasteiger partial charge is 0.496 e. The number of ether oxygens (including phenoxy) is 1. The van der Waals surface area contributed by atoms with Crippen LogP contribution in [0.25, 0.3) is 11.4 Å². The minimum atomic E-state index is 0.421. The van der Waals surface area contributed by atoms with Crippen LogP contribution in [-0.4, -0.2) is 27.3 Å². The number of halogens is 2. The van der Waals surface area contributed by atoms with E-state index in [1.165, 1.54) is 4.80 Å². The van der Waals surface area contributed by atoms with Gasteiger partial charge in [0, 0.05) is 21.2 Å². The molecule has 1 heterocycles. The Morgan fingerprint density at radius 3 is 2.50 bits per heavy atom. The van der Waals surface area contributed by atoms with Crippen LogP contribution in [0.15, 0.2) is 42.5 Å². The highest BCUT2D eigenvalue weighted by molar-refractivity contribution is 6.30. The van der Waals surface area contributed by atoms with E-state index in [4.69, 9.17) is 27.9 Å². The molecule has 0 saturated carbocycles. The highest BCUT2D eigenvalue weighted by atomic mass is 35.5. The third-order valence-corrected chi connectivity index (χ3v) is 3.60. The van der Waals surface area contributed by atoms with E-state index in [2.05, 4.69) is 15.4 Å². The molecule has 0 bridgehead atoms. The molecule has 0 fully saturated rings. The maximum Gasteiger partial charge on any atom is 0.204 e. The van der Waals surface area contributed by atoms with Crippen LogP contribution in [0.2, 0.25) is 10.0 Å². The molecule has 22 heavy (non-hydrogen) atoms. The molecule has 0 amide bonds. The van der Waals surface area contributed by atoms with Gasteiger partial charge in [0.05, 0.1) is 13.7 Å². The predicted octanol–water partition coefficient (Wildman–Crippen LogP) is 3.70. The molecule has 112 valence electrons. The van der Waals surface area contributed by atoms with Gasteiger partial charge in [0.1, 0.15) is 5.75 Å². The molecule has 0 atom stereocenters. The SMILES string of the molecule is COc1ccc(Cl)cc1Cn1nnc(-c2ccc(Cl)cc2)n1. The fraction of sp³-hybridized carbons (Fsp3) is 0.133. The van der Waals surface area contributed by atoms with Gasteiger partial charge in [-0.2, -0.15) is 4.80 Å². The van der Waals surface area contributed by atoms with E-state index in [9.17, 15) is 0 Å². The number of hydrogen-bond acceptors (Lipinski definition) is 4. The Kier molecular flexibility index (Phi) is 4.27. The average Bonchev–Trinajstić information content (AvgIpc) is 2.97. The Morgan fingerprint density at radius 1 is 1.05 bits per heavy atom. The summed E-state index contributed by atoms with van der Waals surface area (Å²) in [6.45, 7) is 0.421. The molecule has 0 N–H and O–H groups in total. The van der Waals surface area contributed by atoms with Crippen LogP contribution in [0.1, 0.15) is 5.56 Å². The normalized spacial score (nSPS) is 10.7. The van der Waals surface area contributed by atoms with Gasteiger partial charge in [0.25, 0.3) is 0 Å². The molecular formula is C15H12Cl2N4O. The summed E-state index contributed by atoms with van der Waals surface area (Å²) < 4.78 is 5.31. The molecule has 3 rings (SSSR count). The molecule has 0 radical (unpaired) electrons. The number of tetrazole rings is 1. The Bertz CT molecular complexity index is 786. The topological polar surface area (TPSA) is 52.8 Å². The first-order chi connectivity index (χ1) is 10.7. The van der Waals surface area contributed by atoms with E-state index in [1.54, 1.807) is 25.3 Å². The fourth-order valence-electron chi connectivity index (χ4n) is 2.05. The second-order valence-electron chi connectivity index (χ2n) is 4.61. The Labute approximate surface area is 137 Å². The van der Waals surface area contributed by atoms with Gasteiger partial charge in [0.15, 0.2) is 0 Å². The molecule has 0 aliphatic heterocycles. The predicted molar refractivity (Wildman–Crippen MR) is 85.4 cm³/mol. The maximum absolute atomic E-state index is 6.02. The van der Waals surface area contributed by atoms with Crippen LogP contribution in [0.3, 0.4) is 0 Å². The van der Waals surface area contributed by atoms with Gasteiger partial charge in [-0.1, -0.05) is 23.2 Å². The summed E-state index contributed by atoms with van der Waals surface area (Å²) in [5.74, 6) is 1.27. The summed E-state index contributed by atoms with van der Waals surface area (Å²) in [5, 5.41) is 13.8. The first-order valence-electron chi connectivity index (χ1n) is 6.52. The van der Waals surface area contributed by atoms with Gasteiger partial charge in [-0.05, 0) is 47.7 Å². The second kappa shape index (κ2) is 6.34. The lowest BCUT2D eigenvalue weighted by Gasteiger charge is -2.07. The minimum absolute atomic E-state index is 0.421. The lowest BCUT2D eigenvalue weighted by molar-refractivity contribution is 0.405. The summed E-state index contributed by atoms with van der Waals surface area (Å²) in [6.07, 6.45) is 0. The Hall–Kier alpha value is -2.11. The summed E-state index contributed by atoms with van der Waals surface area (Å²) in [7, 11) is 1.61. The third-order valence-electron chi connectivity index (χ3n) is 3.11. The van der Waals surface area contributed by atoms with E-state index >= 15 is 0 Å². The van der Waals surface area contributed by atoms with Crippen molar-refractivity contribution in [3.63, 3.8) is 0 Å². The van der Waals surface area contributed by atoms with E-state index in [1.807, 2.05) is 24.3 Å². The number of nitrogens with zero attached hydrogens (tertiary/aromatic N) is 4. The molecule has 2 aromatic carbocycles. The lowest BCUT2D eigenvalue weighted by atomic mass is 10.2. The highest BCUT2D eigenvalue weighted by Gasteiger charge is 2.09. The van der Waals surface area contributed by atoms with Crippen LogP contribution >= 0.6 is 23.2 Å². The van der Waals surface area contributed by atoms with Gasteiger partial charge in [-0.3, -0.25) is 0 Å². The van der Waals surface area contributed by atoms with E-state index in [-0.39, 0.29) is 0 Å². The average molecular weight is 335 g/mol. The van der Waals surface area contributed by atoms with Crippen molar-refractivity contribution in [2.45, 2.75) is 6.54 Å². The second-order valence-corrected chi connectivity index (χ2v) is 5.48. The minimum Gasteiger partial charge on any atom is -0.496 e. The molecule has 0 aliphatic rings. The van der Waals surface area contributed by atoms with Gasteiger partial charge < -0.3 is 4.74 Å². The lowest BCUT2D eigenvalue weighted by Crippen LogP contribution is -2.05. The van der Waals surface area contributed by atoms with E-state index in [0.29, 0.717) is 22.4 Å². The summed E-state index contributed by atoms with van der Waals surface area (Å²) in [6, 6.07) is 12.7. The van der Waals surface area contributed by atoms with Crippen molar-refractivity contribution in [3.8, 4) is 17.1 Å². The maximum atomic E-state index is 6.02. The molecule has 3 aromatic rings. The summed E-state index contributed by atoms with van der Waals surface area (Å²) in [5.41, 5.74) is 1.74. The molecule has 5 nitrogen and oxygen atoms in total. The van der Waals surface area contributed by atoms with Crippen LogP contribution in [-0.2, 0) is 6.54 Å². The summed E-state index contributed by atoms with van der Waals surface area (Å²) in [4.78, 5) is 1.50. The Morgan fingerprint density at radius 2 is 1.77 bits per heavy atom. The number of aromatic nitrogens is 4. The van der Waals surface area contributed by atoms with Crippen molar-refractivity contribution in [2.75, 3.05) is 7.11 Å². The zero-order chi connectivity index (χ0) is 15.5. The fourth-order valence-corrected chi connectivity index (χ4v) is 2.37. The van der Waals surface area contributed by atoms with Gasteiger partial charge in [0.2, 0.25) is 5.82 Å². The molecular weight excluding hydrogens is 323 g/mol. The first-order valence-corrected chi connectivity index (χ1v) is 7.27. The van der Waals surface area contributed by atoms with Crippen LogP contribution < -0.4 is 4.74 Å². The van der Waals surface area contributed by atoms with Gasteiger partial charge >= 0.3 is 0 Å². The van der Waals surface area contributed by atoms with E-state index in [0.717, 1.165) is 16.9 Å². The van der Waals surface area contributed by atoms with Crippen molar-refractivity contribution >= 4 is 23.2 Å². The first kappa shape index (κ1) is 14.8. The molecule has 7 heteroatoms. The number of rotatable bonds is 4. The molecule has 1 aromatic heterocycles. The van der Waals surface area contributed by atoms with Gasteiger partial charge in [-0.25, -0.2) is 0 Å². The van der Waals surface area contributed by atoms with Crippen LogP contribution in [0.4, 0.5) is 0 Å². The van der Waals surface area contributed by atoms with Gasteiger partial charge in [-0.15, -0.1) is 10.2 Å².